The molecule has 1 aromatic carbocycles. The van der Waals surface area contributed by atoms with Crippen molar-refractivity contribution < 1.29 is 17.9 Å². The summed E-state index contributed by atoms with van der Waals surface area (Å²) in [5, 5.41) is 0. The summed E-state index contributed by atoms with van der Waals surface area (Å²) in [5.41, 5.74) is 0.495. The fourth-order valence-corrected chi connectivity index (χ4v) is 2.82. The van der Waals surface area contributed by atoms with Gasteiger partial charge >= 0.3 is 0 Å². The van der Waals surface area contributed by atoms with Gasteiger partial charge in [-0.05, 0) is 28.9 Å². The largest absolute Gasteiger partial charge is 0.495 e. The molecule has 0 heterocycles. The molecule has 0 bridgehead atoms. The van der Waals surface area contributed by atoms with E-state index in [1.54, 1.807) is 12.1 Å². The molecule has 0 N–H and O–H groups in total. The Morgan fingerprint density at radius 2 is 2.00 bits per heavy atom. The molecule has 0 unspecified atom stereocenters. The first-order valence-corrected chi connectivity index (χ1v) is 8.06. The number of hydrogen-bond donors (Lipinski definition) is 0. The molecule has 0 atom stereocenters. The summed E-state index contributed by atoms with van der Waals surface area (Å²) >= 11 is 3.28. The van der Waals surface area contributed by atoms with Crippen molar-refractivity contribution in [3.63, 3.8) is 0 Å². The van der Waals surface area contributed by atoms with Gasteiger partial charge in [-0.3, -0.25) is 0 Å². The molecule has 0 saturated heterocycles. The van der Waals surface area contributed by atoms with E-state index in [1.165, 1.54) is 7.11 Å². The molecule has 96 valence electrons. The van der Waals surface area contributed by atoms with Gasteiger partial charge in [0, 0.05) is 22.3 Å². The summed E-state index contributed by atoms with van der Waals surface area (Å²) in [6.45, 7) is 2.24. The Labute approximate surface area is 113 Å². The normalized spacial score (nSPS) is 11.3. The van der Waals surface area contributed by atoms with E-state index in [-0.39, 0.29) is 5.75 Å². The van der Waals surface area contributed by atoms with Crippen LogP contribution in [0.15, 0.2) is 16.6 Å². The van der Waals surface area contributed by atoms with E-state index in [9.17, 15) is 8.42 Å². The van der Waals surface area contributed by atoms with Crippen LogP contribution in [0.4, 0.5) is 0 Å². The van der Waals surface area contributed by atoms with E-state index in [0.29, 0.717) is 28.1 Å². The Balaban J connectivity index is 3.22. The van der Waals surface area contributed by atoms with E-state index in [2.05, 4.69) is 15.9 Å². The highest BCUT2D eigenvalue weighted by atomic mass is 79.9. The van der Waals surface area contributed by atoms with Crippen molar-refractivity contribution in [1.82, 2.24) is 0 Å². The first-order chi connectivity index (χ1) is 7.87. The Kier molecular flexibility index (Phi) is 5.09. The van der Waals surface area contributed by atoms with E-state index in [4.69, 9.17) is 20.2 Å². The van der Waals surface area contributed by atoms with Crippen LogP contribution in [0, 0.1) is 0 Å². The van der Waals surface area contributed by atoms with E-state index in [1.807, 2.05) is 6.92 Å². The van der Waals surface area contributed by atoms with E-state index in [0.717, 1.165) is 0 Å². The van der Waals surface area contributed by atoms with Gasteiger partial charge in [0.2, 0.25) is 9.05 Å². The molecule has 0 amide bonds. The minimum absolute atomic E-state index is 0.285. The van der Waals surface area contributed by atoms with E-state index < -0.39 is 9.05 Å². The van der Waals surface area contributed by atoms with Crippen molar-refractivity contribution >= 4 is 35.7 Å². The number of ether oxygens (including phenoxy) is 2. The molecule has 4 nitrogen and oxygen atoms in total. The van der Waals surface area contributed by atoms with Crippen LogP contribution < -0.4 is 9.47 Å². The average Bonchev–Trinajstić information content (AvgIpc) is 2.20. The van der Waals surface area contributed by atoms with Crippen LogP contribution in [0.5, 0.6) is 11.5 Å². The van der Waals surface area contributed by atoms with Crippen molar-refractivity contribution in [1.29, 1.82) is 0 Å². The van der Waals surface area contributed by atoms with Crippen LogP contribution in [0.25, 0.3) is 0 Å². The Morgan fingerprint density at radius 3 is 2.47 bits per heavy atom. The average molecular weight is 344 g/mol. The first kappa shape index (κ1) is 14.6. The van der Waals surface area contributed by atoms with Gasteiger partial charge in [0.15, 0.2) is 0 Å². The summed E-state index contributed by atoms with van der Waals surface area (Å²) in [6, 6.07) is 3.26. The predicted molar refractivity (Wildman–Crippen MR) is 70.3 cm³/mol. The second-order valence-electron chi connectivity index (χ2n) is 3.21. The van der Waals surface area contributed by atoms with Crippen molar-refractivity contribution in [2.75, 3.05) is 13.7 Å². The van der Waals surface area contributed by atoms with Gasteiger partial charge in [-0.25, -0.2) is 8.42 Å². The number of halogens is 2. The van der Waals surface area contributed by atoms with Gasteiger partial charge in [-0.2, -0.15) is 0 Å². The number of benzene rings is 1. The molecule has 0 fully saturated rings. The topological polar surface area (TPSA) is 52.6 Å². The summed E-state index contributed by atoms with van der Waals surface area (Å²) in [6.07, 6.45) is 0. The van der Waals surface area contributed by atoms with Crippen molar-refractivity contribution in [3.8, 4) is 11.5 Å². The maximum absolute atomic E-state index is 11.1. The molecule has 1 aromatic rings. The molecule has 0 aliphatic rings. The third-order valence-electron chi connectivity index (χ3n) is 1.96. The van der Waals surface area contributed by atoms with Gasteiger partial charge in [0.05, 0.1) is 23.9 Å². The third kappa shape index (κ3) is 4.37. The smallest absolute Gasteiger partial charge is 0.236 e. The molecule has 0 aromatic heterocycles. The van der Waals surface area contributed by atoms with Crippen LogP contribution in [-0.2, 0) is 14.8 Å². The maximum atomic E-state index is 11.1. The lowest BCUT2D eigenvalue weighted by molar-refractivity contribution is 0.333. The van der Waals surface area contributed by atoms with Gasteiger partial charge in [0.1, 0.15) is 11.5 Å². The summed E-state index contributed by atoms with van der Waals surface area (Å²) in [5.74, 6) is 0.743. The molecule has 0 spiro atoms. The van der Waals surface area contributed by atoms with Gasteiger partial charge < -0.3 is 9.47 Å². The minimum atomic E-state index is -3.62. The van der Waals surface area contributed by atoms with Crippen molar-refractivity contribution in [2.45, 2.75) is 12.7 Å². The molecule has 0 radical (unpaired) electrons. The molecule has 7 heteroatoms. The lowest BCUT2D eigenvalue weighted by Gasteiger charge is -2.12. The highest BCUT2D eigenvalue weighted by molar-refractivity contribution is 9.10. The molecular formula is C10H12BrClO4S. The molecule has 1 rings (SSSR count). The molecule has 17 heavy (non-hydrogen) atoms. The Hall–Kier alpha value is -0.460. The second-order valence-corrected chi connectivity index (χ2v) is 6.84. The fourth-order valence-electron chi connectivity index (χ4n) is 1.32. The standard InChI is InChI=1S/C10H12BrClO4S/c1-3-16-9-5-10(15-2)8(11)4-7(9)6-17(12,13)14/h4-5H,3,6H2,1-2H3. The van der Waals surface area contributed by atoms with Gasteiger partial charge in [0.25, 0.3) is 0 Å². The molecule has 0 aliphatic heterocycles. The lowest BCUT2D eigenvalue weighted by atomic mass is 10.2. The van der Waals surface area contributed by atoms with Crippen LogP contribution in [-0.4, -0.2) is 22.1 Å². The molecule has 0 aliphatic carbocycles. The first-order valence-electron chi connectivity index (χ1n) is 4.79. The predicted octanol–water partition coefficient (Wildman–Crippen LogP) is 2.93. The number of hydrogen-bond acceptors (Lipinski definition) is 4. The number of methoxy groups -OCH3 is 1. The Morgan fingerprint density at radius 1 is 1.35 bits per heavy atom. The zero-order valence-electron chi connectivity index (χ0n) is 9.37. The minimum Gasteiger partial charge on any atom is -0.495 e. The zero-order chi connectivity index (χ0) is 13.1. The van der Waals surface area contributed by atoms with Crippen molar-refractivity contribution in [3.05, 3.63) is 22.2 Å². The molecule has 0 saturated carbocycles. The lowest BCUT2D eigenvalue weighted by Crippen LogP contribution is -2.02. The van der Waals surface area contributed by atoms with Crippen LogP contribution >= 0.6 is 26.6 Å². The van der Waals surface area contributed by atoms with Gasteiger partial charge in [-0.1, -0.05) is 0 Å². The van der Waals surface area contributed by atoms with Gasteiger partial charge in [-0.15, -0.1) is 0 Å². The fraction of sp³-hybridized carbons (Fsp3) is 0.400. The third-order valence-corrected chi connectivity index (χ3v) is 3.57. The van der Waals surface area contributed by atoms with Crippen LogP contribution in [0.3, 0.4) is 0 Å². The quantitative estimate of drug-likeness (QED) is 0.771. The van der Waals surface area contributed by atoms with Crippen molar-refractivity contribution in [2.24, 2.45) is 0 Å². The molecular weight excluding hydrogens is 332 g/mol. The monoisotopic (exact) mass is 342 g/mol. The SMILES string of the molecule is CCOc1cc(OC)c(Br)cc1CS(=O)(=O)Cl. The van der Waals surface area contributed by atoms with Crippen LogP contribution in [0.1, 0.15) is 12.5 Å². The maximum Gasteiger partial charge on any atom is 0.236 e. The highest BCUT2D eigenvalue weighted by Gasteiger charge is 2.15. The summed E-state index contributed by atoms with van der Waals surface area (Å²) in [4.78, 5) is 0. The second kappa shape index (κ2) is 5.93. The summed E-state index contributed by atoms with van der Waals surface area (Å²) in [7, 11) is 3.13. The van der Waals surface area contributed by atoms with Crippen LogP contribution in [0.2, 0.25) is 0 Å². The zero-order valence-corrected chi connectivity index (χ0v) is 12.5. The number of rotatable bonds is 5. The highest BCUT2D eigenvalue weighted by Crippen LogP contribution is 2.34. The van der Waals surface area contributed by atoms with E-state index >= 15 is 0 Å². The summed E-state index contributed by atoms with van der Waals surface area (Å²) < 4.78 is 33.3. The Bertz CT molecular complexity index is 501.